The van der Waals surface area contributed by atoms with Gasteiger partial charge in [-0.2, -0.15) is 0 Å². The fourth-order valence-electron chi connectivity index (χ4n) is 0.973. The van der Waals surface area contributed by atoms with Gasteiger partial charge in [-0.25, -0.2) is 8.42 Å². The summed E-state index contributed by atoms with van der Waals surface area (Å²) in [7, 11) is 0.913. The number of carbonyl (C=O) groups is 1. The Morgan fingerprint density at radius 2 is 2.00 bits per heavy atom. The maximum Gasteiger partial charge on any atom is 0.271 e. The molecule has 6 nitrogen and oxygen atoms in total. The summed E-state index contributed by atoms with van der Waals surface area (Å²) < 4.78 is 22.1. The number of hydrogen-bond donors (Lipinski definition) is 0. The Labute approximate surface area is 103 Å². The fourth-order valence-corrected chi connectivity index (χ4v) is 3.17. The molecular weight excluding hydrogens is 326 g/mol. The second-order valence-electron chi connectivity index (χ2n) is 2.66. The standard InChI is InChI=1S/C7H3BrClNO5S/c8-7-4(3-11)1-5(10(12)13)2-6(7)16(9,14)15/h1-3H. The topological polar surface area (TPSA) is 94.3 Å². The average Bonchev–Trinajstić information content (AvgIpc) is 2.15. The zero-order chi connectivity index (χ0) is 12.5. The van der Waals surface area contributed by atoms with Crippen molar-refractivity contribution < 1.29 is 18.1 Å². The maximum absolute atomic E-state index is 11.1. The van der Waals surface area contributed by atoms with E-state index in [0.29, 0.717) is 6.29 Å². The lowest BCUT2D eigenvalue weighted by atomic mass is 10.2. The van der Waals surface area contributed by atoms with Crippen molar-refractivity contribution in [2.24, 2.45) is 0 Å². The van der Waals surface area contributed by atoms with E-state index in [9.17, 15) is 23.3 Å². The van der Waals surface area contributed by atoms with E-state index in [1.54, 1.807) is 0 Å². The van der Waals surface area contributed by atoms with Crippen LogP contribution in [0.3, 0.4) is 0 Å². The van der Waals surface area contributed by atoms with Crippen LogP contribution < -0.4 is 0 Å². The molecule has 16 heavy (non-hydrogen) atoms. The molecular formula is C7H3BrClNO5S. The van der Waals surface area contributed by atoms with Gasteiger partial charge in [-0.15, -0.1) is 0 Å². The molecule has 0 spiro atoms. The van der Waals surface area contributed by atoms with Gasteiger partial charge in [0.1, 0.15) is 4.90 Å². The molecule has 86 valence electrons. The molecule has 0 bridgehead atoms. The van der Waals surface area contributed by atoms with Gasteiger partial charge in [-0.3, -0.25) is 14.9 Å². The number of aldehydes is 1. The van der Waals surface area contributed by atoms with Gasteiger partial charge in [0.2, 0.25) is 0 Å². The van der Waals surface area contributed by atoms with Gasteiger partial charge in [0, 0.05) is 32.9 Å². The lowest BCUT2D eigenvalue weighted by Gasteiger charge is -2.02. The largest absolute Gasteiger partial charge is 0.298 e. The maximum atomic E-state index is 11.1. The summed E-state index contributed by atoms with van der Waals surface area (Å²) in [5.74, 6) is 0. The van der Waals surface area contributed by atoms with E-state index >= 15 is 0 Å². The molecule has 0 unspecified atom stereocenters. The zero-order valence-corrected chi connectivity index (χ0v) is 10.5. The van der Waals surface area contributed by atoms with Crippen LogP contribution in [0.1, 0.15) is 10.4 Å². The van der Waals surface area contributed by atoms with Crippen LogP contribution in [0.2, 0.25) is 0 Å². The molecule has 0 aliphatic heterocycles. The van der Waals surface area contributed by atoms with E-state index < -0.39 is 24.6 Å². The van der Waals surface area contributed by atoms with Gasteiger partial charge in [0.25, 0.3) is 14.7 Å². The number of hydrogen-bond acceptors (Lipinski definition) is 5. The van der Waals surface area contributed by atoms with Crippen LogP contribution >= 0.6 is 26.6 Å². The van der Waals surface area contributed by atoms with Crippen LogP contribution in [0.15, 0.2) is 21.5 Å². The zero-order valence-electron chi connectivity index (χ0n) is 7.38. The Kier molecular flexibility index (Phi) is 3.66. The monoisotopic (exact) mass is 327 g/mol. The first-order valence-corrected chi connectivity index (χ1v) is 6.75. The first-order valence-electron chi connectivity index (χ1n) is 3.65. The van der Waals surface area contributed by atoms with Crippen LogP contribution in [0.4, 0.5) is 5.69 Å². The Bertz CT molecular complexity index is 570. The van der Waals surface area contributed by atoms with E-state index in [-0.39, 0.29) is 10.0 Å². The molecule has 0 aromatic heterocycles. The SMILES string of the molecule is O=Cc1cc([N+](=O)[O-])cc(S(=O)(=O)Cl)c1Br. The number of halogens is 2. The summed E-state index contributed by atoms with van der Waals surface area (Å²) in [4.78, 5) is 19.8. The minimum Gasteiger partial charge on any atom is -0.298 e. The molecule has 0 aliphatic carbocycles. The first kappa shape index (κ1) is 13.1. The van der Waals surface area contributed by atoms with Crippen molar-refractivity contribution in [1.29, 1.82) is 0 Å². The van der Waals surface area contributed by atoms with Crippen LogP contribution in [-0.2, 0) is 9.05 Å². The number of benzene rings is 1. The van der Waals surface area contributed by atoms with Gasteiger partial charge in [-0.05, 0) is 15.9 Å². The molecule has 0 aliphatic rings. The molecule has 1 rings (SSSR count). The summed E-state index contributed by atoms with van der Waals surface area (Å²) in [6, 6.07) is 1.72. The van der Waals surface area contributed by atoms with E-state index in [1.807, 2.05) is 0 Å². The van der Waals surface area contributed by atoms with Crippen molar-refractivity contribution in [3.8, 4) is 0 Å². The number of nitrogens with zero attached hydrogens (tertiary/aromatic N) is 1. The number of carbonyl (C=O) groups excluding carboxylic acids is 1. The molecule has 0 fully saturated rings. The highest BCUT2D eigenvalue weighted by molar-refractivity contribution is 9.10. The Morgan fingerprint density at radius 3 is 2.38 bits per heavy atom. The van der Waals surface area contributed by atoms with E-state index in [0.717, 1.165) is 12.1 Å². The quantitative estimate of drug-likeness (QED) is 0.366. The van der Waals surface area contributed by atoms with Crippen LogP contribution in [0.25, 0.3) is 0 Å². The van der Waals surface area contributed by atoms with Crippen molar-refractivity contribution in [3.63, 3.8) is 0 Å². The molecule has 1 aromatic rings. The molecule has 0 N–H and O–H groups in total. The van der Waals surface area contributed by atoms with E-state index in [1.165, 1.54) is 0 Å². The highest BCUT2D eigenvalue weighted by atomic mass is 79.9. The number of non-ortho nitro benzene ring substituents is 1. The average molecular weight is 329 g/mol. The second kappa shape index (κ2) is 4.48. The predicted octanol–water partition coefficient (Wildman–Crippen LogP) is 2.10. The van der Waals surface area contributed by atoms with Crippen molar-refractivity contribution in [2.45, 2.75) is 4.90 Å². The van der Waals surface area contributed by atoms with Crippen LogP contribution in [-0.4, -0.2) is 19.6 Å². The third-order valence-corrected chi connectivity index (χ3v) is 4.15. The molecule has 0 radical (unpaired) electrons. The third-order valence-electron chi connectivity index (χ3n) is 1.65. The summed E-state index contributed by atoms with van der Waals surface area (Å²) in [5, 5.41) is 10.5. The third kappa shape index (κ3) is 2.57. The lowest BCUT2D eigenvalue weighted by Crippen LogP contribution is -1.99. The molecule has 0 saturated heterocycles. The van der Waals surface area contributed by atoms with Crippen LogP contribution in [0.5, 0.6) is 0 Å². The lowest BCUT2D eigenvalue weighted by molar-refractivity contribution is -0.385. The van der Waals surface area contributed by atoms with Crippen molar-refractivity contribution in [3.05, 3.63) is 32.3 Å². The molecule has 1 aromatic carbocycles. The summed E-state index contributed by atoms with van der Waals surface area (Å²) >= 11 is 2.84. The van der Waals surface area contributed by atoms with Crippen molar-refractivity contribution >= 4 is 47.6 Å². The van der Waals surface area contributed by atoms with Gasteiger partial charge in [0.05, 0.1) is 4.92 Å². The number of nitro groups is 1. The molecule has 9 heteroatoms. The molecule has 0 atom stereocenters. The molecule has 0 saturated carbocycles. The Hall–Kier alpha value is -0.990. The van der Waals surface area contributed by atoms with Crippen molar-refractivity contribution in [1.82, 2.24) is 0 Å². The van der Waals surface area contributed by atoms with Gasteiger partial charge < -0.3 is 0 Å². The highest BCUT2D eigenvalue weighted by Gasteiger charge is 2.22. The van der Waals surface area contributed by atoms with Gasteiger partial charge in [0.15, 0.2) is 6.29 Å². The number of nitro benzene ring substituents is 1. The molecule has 0 amide bonds. The predicted molar refractivity (Wildman–Crippen MR) is 59.2 cm³/mol. The van der Waals surface area contributed by atoms with Crippen LogP contribution in [0, 0.1) is 10.1 Å². The Morgan fingerprint density at radius 1 is 1.44 bits per heavy atom. The number of rotatable bonds is 3. The van der Waals surface area contributed by atoms with E-state index in [2.05, 4.69) is 15.9 Å². The fraction of sp³-hybridized carbons (Fsp3) is 0. The van der Waals surface area contributed by atoms with Gasteiger partial charge in [-0.1, -0.05) is 0 Å². The minimum absolute atomic E-state index is 0.0944. The highest BCUT2D eigenvalue weighted by Crippen LogP contribution is 2.31. The second-order valence-corrected chi connectivity index (χ2v) is 5.99. The first-order chi connectivity index (χ1) is 7.27. The van der Waals surface area contributed by atoms with E-state index in [4.69, 9.17) is 10.7 Å². The normalized spacial score (nSPS) is 11.1. The van der Waals surface area contributed by atoms with Gasteiger partial charge >= 0.3 is 0 Å². The summed E-state index contributed by atoms with van der Waals surface area (Å²) in [6.45, 7) is 0. The summed E-state index contributed by atoms with van der Waals surface area (Å²) in [6.07, 6.45) is 0.294. The minimum atomic E-state index is -4.16. The molecule has 0 heterocycles. The Balaban J connectivity index is 3.68. The smallest absolute Gasteiger partial charge is 0.271 e. The summed E-state index contributed by atoms with van der Waals surface area (Å²) in [5.41, 5.74) is -0.682. The van der Waals surface area contributed by atoms with Crippen molar-refractivity contribution in [2.75, 3.05) is 0 Å².